The fraction of sp³-hybridized carbons (Fsp3) is 0.500. The van der Waals surface area contributed by atoms with Gasteiger partial charge in [0.25, 0.3) is 11.8 Å². The maximum Gasteiger partial charge on any atom is 0.270 e. The number of aryl methyl sites for hydroxylation is 2. The third-order valence-electron chi connectivity index (χ3n) is 7.06. The summed E-state index contributed by atoms with van der Waals surface area (Å²) in [6.45, 7) is 3.79. The SMILES string of the molecule is Cc1cccc(C(=O)NC23CC4CC(C2)CC(NC(=O)c2cccc(C)n2)(C4)C3)n1. The van der Waals surface area contributed by atoms with Crippen LogP contribution in [0.5, 0.6) is 0 Å². The lowest BCUT2D eigenvalue weighted by atomic mass is 9.49. The van der Waals surface area contributed by atoms with E-state index in [1.54, 1.807) is 12.1 Å². The number of hydrogen-bond acceptors (Lipinski definition) is 4. The molecule has 4 aliphatic carbocycles. The van der Waals surface area contributed by atoms with Crippen LogP contribution in [0.25, 0.3) is 0 Å². The quantitative estimate of drug-likeness (QED) is 0.819. The van der Waals surface area contributed by atoms with Gasteiger partial charge in [0, 0.05) is 22.5 Å². The lowest BCUT2D eigenvalue weighted by Gasteiger charge is -2.62. The number of nitrogens with zero attached hydrogens (tertiary/aromatic N) is 2. The Morgan fingerprint density at radius 2 is 1.23 bits per heavy atom. The van der Waals surface area contributed by atoms with Crippen molar-refractivity contribution < 1.29 is 9.59 Å². The monoisotopic (exact) mass is 404 g/mol. The van der Waals surface area contributed by atoms with E-state index in [9.17, 15) is 9.59 Å². The van der Waals surface area contributed by atoms with E-state index < -0.39 is 0 Å². The minimum Gasteiger partial charge on any atom is -0.345 e. The predicted octanol–water partition coefficient (Wildman–Crippen LogP) is 3.34. The number of aromatic nitrogens is 2. The van der Waals surface area contributed by atoms with E-state index in [1.165, 1.54) is 6.42 Å². The summed E-state index contributed by atoms with van der Waals surface area (Å²) in [7, 11) is 0. The number of amides is 2. The summed E-state index contributed by atoms with van der Waals surface area (Å²) in [6.07, 6.45) is 5.92. The van der Waals surface area contributed by atoms with Gasteiger partial charge in [-0.2, -0.15) is 0 Å². The van der Waals surface area contributed by atoms with Crippen molar-refractivity contribution in [2.45, 2.75) is 63.5 Å². The molecule has 6 rings (SSSR count). The molecule has 156 valence electrons. The highest BCUT2D eigenvalue weighted by Crippen LogP contribution is 2.57. The Morgan fingerprint density at radius 1 is 0.800 bits per heavy atom. The second kappa shape index (κ2) is 6.89. The van der Waals surface area contributed by atoms with Crippen LogP contribution < -0.4 is 10.6 Å². The van der Waals surface area contributed by atoms with Gasteiger partial charge in [-0.1, -0.05) is 12.1 Å². The number of rotatable bonds is 4. The Hall–Kier alpha value is -2.76. The van der Waals surface area contributed by atoms with Crippen molar-refractivity contribution in [2.24, 2.45) is 11.8 Å². The van der Waals surface area contributed by atoms with Gasteiger partial charge in [0.2, 0.25) is 0 Å². The molecule has 6 nitrogen and oxygen atoms in total. The summed E-state index contributed by atoms with van der Waals surface area (Å²) >= 11 is 0. The summed E-state index contributed by atoms with van der Waals surface area (Å²) in [5.41, 5.74) is 2.07. The molecule has 0 aromatic carbocycles. The van der Waals surface area contributed by atoms with Crippen LogP contribution in [-0.4, -0.2) is 32.9 Å². The van der Waals surface area contributed by atoms with Crippen LogP contribution in [-0.2, 0) is 0 Å². The highest BCUT2D eigenvalue weighted by Gasteiger charge is 2.58. The van der Waals surface area contributed by atoms with Crippen molar-refractivity contribution in [2.75, 3.05) is 0 Å². The van der Waals surface area contributed by atoms with Crippen LogP contribution in [0.2, 0.25) is 0 Å². The van der Waals surface area contributed by atoms with Crippen LogP contribution in [0.1, 0.15) is 70.9 Å². The van der Waals surface area contributed by atoms with Crippen LogP contribution >= 0.6 is 0 Å². The van der Waals surface area contributed by atoms with E-state index in [0.29, 0.717) is 23.2 Å². The number of carbonyl (C=O) groups excluding carboxylic acids is 2. The van der Waals surface area contributed by atoms with Gasteiger partial charge in [0.15, 0.2) is 0 Å². The summed E-state index contributed by atoms with van der Waals surface area (Å²) in [6, 6.07) is 11.1. The number of pyridine rings is 2. The van der Waals surface area contributed by atoms with E-state index in [1.807, 2.05) is 38.1 Å². The first-order valence-corrected chi connectivity index (χ1v) is 10.9. The molecule has 4 bridgehead atoms. The molecule has 2 heterocycles. The number of nitrogens with one attached hydrogen (secondary N) is 2. The average Bonchev–Trinajstić information content (AvgIpc) is 2.66. The van der Waals surface area contributed by atoms with Gasteiger partial charge in [-0.25, -0.2) is 9.97 Å². The molecule has 2 aromatic rings. The van der Waals surface area contributed by atoms with Gasteiger partial charge in [0.05, 0.1) is 0 Å². The zero-order valence-corrected chi connectivity index (χ0v) is 17.6. The van der Waals surface area contributed by atoms with Crippen LogP contribution in [0.3, 0.4) is 0 Å². The molecule has 4 fully saturated rings. The number of hydrogen-bond donors (Lipinski definition) is 2. The lowest BCUT2D eigenvalue weighted by Crippen LogP contribution is -2.70. The predicted molar refractivity (Wildman–Crippen MR) is 113 cm³/mol. The molecule has 2 amide bonds. The molecule has 6 heteroatoms. The first-order valence-electron chi connectivity index (χ1n) is 10.9. The van der Waals surface area contributed by atoms with Crippen molar-refractivity contribution in [3.63, 3.8) is 0 Å². The van der Waals surface area contributed by atoms with E-state index in [-0.39, 0.29) is 22.9 Å². The second-order valence-electron chi connectivity index (χ2n) is 9.76. The molecular formula is C24H28N4O2. The van der Waals surface area contributed by atoms with Gasteiger partial charge < -0.3 is 10.6 Å². The minimum absolute atomic E-state index is 0.109. The topological polar surface area (TPSA) is 84.0 Å². The van der Waals surface area contributed by atoms with Gasteiger partial charge >= 0.3 is 0 Å². The van der Waals surface area contributed by atoms with Gasteiger partial charge in [0.1, 0.15) is 11.4 Å². The molecule has 4 aliphatic rings. The Kier molecular flexibility index (Phi) is 4.42. The molecule has 0 unspecified atom stereocenters. The second-order valence-corrected chi connectivity index (χ2v) is 9.76. The molecule has 0 radical (unpaired) electrons. The van der Waals surface area contributed by atoms with E-state index in [2.05, 4.69) is 20.6 Å². The highest BCUT2D eigenvalue weighted by atomic mass is 16.2. The van der Waals surface area contributed by atoms with Crippen molar-refractivity contribution in [3.05, 3.63) is 59.2 Å². The lowest BCUT2D eigenvalue weighted by molar-refractivity contribution is -0.0449. The largest absolute Gasteiger partial charge is 0.345 e. The molecule has 2 aromatic heterocycles. The molecule has 30 heavy (non-hydrogen) atoms. The smallest absolute Gasteiger partial charge is 0.270 e. The summed E-state index contributed by atoms with van der Waals surface area (Å²) < 4.78 is 0. The van der Waals surface area contributed by atoms with Gasteiger partial charge in [-0.15, -0.1) is 0 Å². The maximum absolute atomic E-state index is 13.0. The Balaban J connectivity index is 1.38. The van der Waals surface area contributed by atoms with Crippen molar-refractivity contribution in [1.82, 2.24) is 20.6 Å². The van der Waals surface area contributed by atoms with E-state index in [4.69, 9.17) is 0 Å². The fourth-order valence-corrected chi connectivity index (χ4v) is 6.50. The Labute approximate surface area is 176 Å². The molecule has 4 saturated carbocycles. The van der Waals surface area contributed by atoms with Crippen molar-refractivity contribution >= 4 is 11.8 Å². The first-order chi connectivity index (χ1) is 14.3. The number of carbonyl (C=O) groups is 2. The first kappa shape index (κ1) is 19.2. The van der Waals surface area contributed by atoms with Crippen molar-refractivity contribution in [3.8, 4) is 0 Å². The average molecular weight is 405 g/mol. The fourth-order valence-electron chi connectivity index (χ4n) is 6.50. The highest BCUT2D eigenvalue weighted by molar-refractivity contribution is 5.93. The van der Waals surface area contributed by atoms with Gasteiger partial charge in [-0.3, -0.25) is 9.59 Å². The van der Waals surface area contributed by atoms with Gasteiger partial charge in [-0.05, 0) is 88.5 Å². The summed E-state index contributed by atoms with van der Waals surface area (Å²) in [5, 5.41) is 6.69. The molecular weight excluding hydrogens is 376 g/mol. The normalized spacial score (nSPS) is 31.4. The van der Waals surface area contributed by atoms with Crippen LogP contribution in [0, 0.1) is 25.7 Å². The Morgan fingerprint density at radius 3 is 1.63 bits per heavy atom. The van der Waals surface area contributed by atoms with Crippen LogP contribution in [0.15, 0.2) is 36.4 Å². The van der Waals surface area contributed by atoms with Crippen molar-refractivity contribution in [1.29, 1.82) is 0 Å². The third kappa shape index (κ3) is 3.48. The zero-order valence-electron chi connectivity index (χ0n) is 17.6. The molecule has 0 aliphatic heterocycles. The summed E-state index contributed by atoms with van der Waals surface area (Å²) in [4.78, 5) is 34.8. The molecule has 0 saturated heterocycles. The standard InChI is InChI=1S/C24H28N4O2/c1-15-5-3-7-19(25-15)21(29)27-23-10-17-9-18(11-23)13-24(12-17,14-23)28-22(30)20-8-4-6-16(2)26-20/h3-8,17-18H,9-14H2,1-2H3,(H,27,29)(H,28,30). The summed E-state index contributed by atoms with van der Waals surface area (Å²) in [5.74, 6) is 0.843. The van der Waals surface area contributed by atoms with E-state index >= 15 is 0 Å². The maximum atomic E-state index is 13.0. The van der Waals surface area contributed by atoms with E-state index in [0.717, 1.165) is 43.5 Å². The molecule has 2 N–H and O–H groups in total. The molecule has 0 atom stereocenters. The zero-order chi connectivity index (χ0) is 20.9. The Bertz CT molecular complexity index is 926. The third-order valence-corrected chi connectivity index (χ3v) is 7.06. The van der Waals surface area contributed by atoms with Crippen LogP contribution in [0.4, 0.5) is 0 Å². The molecule has 0 spiro atoms. The minimum atomic E-state index is -0.264.